The first-order chi connectivity index (χ1) is 9.66. The topological polar surface area (TPSA) is 49.3 Å². The smallest absolute Gasteiger partial charge is 0.305 e. The predicted octanol–water partition coefficient (Wildman–Crippen LogP) is 3.13. The molecule has 3 nitrogen and oxygen atoms in total. The van der Waals surface area contributed by atoms with Gasteiger partial charge in [0.05, 0.1) is 6.42 Å². The van der Waals surface area contributed by atoms with Gasteiger partial charge in [-0.05, 0) is 11.6 Å². The van der Waals surface area contributed by atoms with Crippen LogP contribution in [0.2, 0.25) is 0 Å². The molecule has 2 aromatic carbocycles. The Hall–Kier alpha value is -2.20. The van der Waals surface area contributed by atoms with Gasteiger partial charge in [-0.3, -0.25) is 4.79 Å². The summed E-state index contributed by atoms with van der Waals surface area (Å²) in [5.74, 6) is -1.35. The summed E-state index contributed by atoms with van der Waals surface area (Å²) in [5.41, 5.74) is 1.41. The zero-order valence-electron chi connectivity index (χ0n) is 10.9. The molecule has 20 heavy (non-hydrogen) atoms. The fourth-order valence-electron chi connectivity index (χ4n) is 2.06. The minimum atomic E-state index is -0.959. The molecular formula is C16H16FNO2. The highest BCUT2D eigenvalue weighted by Crippen LogP contribution is 2.20. The molecule has 0 heterocycles. The van der Waals surface area contributed by atoms with Crippen molar-refractivity contribution in [3.63, 3.8) is 0 Å². The lowest BCUT2D eigenvalue weighted by molar-refractivity contribution is -0.137. The van der Waals surface area contributed by atoms with Gasteiger partial charge in [0.15, 0.2) is 0 Å². The second kappa shape index (κ2) is 6.82. The van der Waals surface area contributed by atoms with Crippen LogP contribution >= 0.6 is 0 Å². The van der Waals surface area contributed by atoms with Gasteiger partial charge in [-0.2, -0.15) is 0 Å². The number of halogens is 1. The quantitative estimate of drug-likeness (QED) is 0.850. The molecule has 0 aliphatic heterocycles. The van der Waals surface area contributed by atoms with E-state index < -0.39 is 12.0 Å². The van der Waals surface area contributed by atoms with Crippen LogP contribution in [0.5, 0.6) is 0 Å². The molecule has 1 unspecified atom stereocenters. The summed E-state index contributed by atoms with van der Waals surface area (Å²) in [6.07, 6.45) is -0.159. The zero-order chi connectivity index (χ0) is 14.4. The fraction of sp³-hybridized carbons (Fsp3) is 0.188. The molecule has 0 aliphatic carbocycles. The molecule has 0 aromatic heterocycles. The van der Waals surface area contributed by atoms with Gasteiger partial charge in [0, 0.05) is 18.2 Å². The Morgan fingerprint density at radius 3 is 2.40 bits per heavy atom. The Morgan fingerprint density at radius 1 is 1.10 bits per heavy atom. The molecule has 0 saturated heterocycles. The van der Waals surface area contributed by atoms with E-state index in [-0.39, 0.29) is 12.2 Å². The fourth-order valence-corrected chi connectivity index (χ4v) is 2.06. The SMILES string of the molecule is O=C(O)CC(NCc1ccccc1)c1ccccc1F. The van der Waals surface area contributed by atoms with Gasteiger partial charge in [0.1, 0.15) is 5.82 Å². The molecule has 0 amide bonds. The maximum Gasteiger partial charge on any atom is 0.305 e. The molecule has 0 saturated carbocycles. The predicted molar refractivity (Wildman–Crippen MR) is 74.7 cm³/mol. The van der Waals surface area contributed by atoms with E-state index in [0.29, 0.717) is 12.1 Å². The Balaban J connectivity index is 2.12. The van der Waals surface area contributed by atoms with E-state index in [1.54, 1.807) is 18.2 Å². The van der Waals surface area contributed by atoms with E-state index in [1.807, 2.05) is 30.3 Å². The van der Waals surface area contributed by atoms with Crippen molar-refractivity contribution in [2.45, 2.75) is 19.0 Å². The summed E-state index contributed by atoms with van der Waals surface area (Å²) in [6, 6.07) is 15.3. The molecular weight excluding hydrogens is 257 g/mol. The monoisotopic (exact) mass is 273 g/mol. The van der Waals surface area contributed by atoms with Crippen molar-refractivity contribution in [2.24, 2.45) is 0 Å². The van der Waals surface area contributed by atoms with Gasteiger partial charge in [-0.25, -0.2) is 4.39 Å². The van der Waals surface area contributed by atoms with Gasteiger partial charge < -0.3 is 10.4 Å². The van der Waals surface area contributed by atoms with Gasteiger partial charge in [-0.1, -0.05) is 48.5 Å². The van der Waals surface area contributed by atoms with Crippen LogP contribution in [-0.2, 0) is 11.3 Å². The van der Waals surface area contributed by atoms with E-state index in [9.17, 15) is 9.18 Å². The molecule has 0 aliphatic rings. The van der Waals surface area contributed by atoms with E-state index in [4.69, 9.17) is 5.11 Å². The van der Waals surface area contributed by atoms with Crippen molar-refractivity contribution in [2.75, 3.05) is 0 Å². The number of hydrogen-bond donors (Lipinski definition) is 2. The summed E-state index contributed by atoms with van der Waals surface area (Å²) >= 11 is 0. The molecule has 2 N–H and O–H groups in total. The Kier molecular flexibility index (Phi) is 4.85. The second-order valence-corrected chi connectivity index (χ2v) is 4.54. The van der Waals surface area contributed by atoms with Crippen LogP contribution in [0.25, 0.3) is 0 Å². The third kappa shape index (κ3) is 3.90. The standard InChI is InChI=1S/C16H16FNO2/c17-14-9-5-4-8-13(14)15(10-16(19)20)18-11-12-6-2-1-3-7-12/h1-9,15,18H,10-11H2,(H,19,20). The third-order valence-corrected chi connectivity index (χ3v) is 3.05. The van der Waals surface area contributed by atoms with Crippen LogP contribution in [0.4, 0.5) is 4.39 Å². The highest BCUT2D eigenvalue weighted by atomic mass is 19.1. The van der Waals surface area contributed by atoms with Crippen molar-refractivity contribution < 1.29 is 14.3 Å². The lowest BCUT2D eigenvalue weighted by atomic mass is 10.0. The molecule has 0 bridgehead atoms. The van der Waals surface area contributed by atoms with Crippen LogP contribution in [0, 0.1) is 5.82 Å². The van der Waals surface area contributed by atoms with Crippen molar-refractivity contribution in [1.29, 1.82) is 0 Å². The van der Waals surface area contributed by atoms with Gasteiger partial charge in [0.25, 0.3) is 0 Å². The minimum absolute atomic E-state index is 0.159. The van der Waals surface area contributed by atoms with Crippen molar-refractivity contribution in [3.05, 3.63) is 71.5 Å². The number of benzene rings is 2. The summed E-state index contributed by atoms with van der Waals surface area (Å²) in [7, 11) is 0. The Morgan fingerprint density at radius 2 is 1.75 bits per heavy atom. The highest BCUT2D eigenvalue weighted by molar-refractivity contribution is 5.68. The van der Waals surface area contributed by atoms with Crippen molar-refractivity contribution in [1.82, 2.24) is 5.32 Å². The summed E-state index contributed by atoms with van der Waals surface area (Å²) < 4.78 is 13.8. The van der Waals surface area contributed by atoms with Crippen LogP contribution in [0.3, 0.4) is 0 Å². The molecule has 1 atom stereocenters. The lowest BCUT2D eigenvalue weighted by Gasteiger charge is -2.18. The average molecular weight is 273 g/mol. The maximum atomic E-state index is 13.8. The highest BCUT2D eigenvalue weighted by Gasteiger charge is 2.18. The lowest BCUT2D eigenvalue weighted by Crippen LogP contribution is -2.24. The molecule has 4 heteroatoms. The van der Waals surface area contributed by atoms with E-state index in [2.05, 4.69) is 5.32 Å². The molecule has 104 valence electrons. The van der Waals surface area contributed by atoms with Crippen LogP contribution in [0.15, 0.2) is 54.6 Å². The number of carboxylic acid groups (broad SMARTS) is 1. The Bertz CT molecular complexity index is 572. The summed E-state index contributed by atoms with van der Waals surface area (Å²) in [6.45, 7) is 0.493. The number of carboxylic acids is 1. The molecule has 0 spiro atoms. The van der Waals surface area contributed by atoms with Crippen molar-refractivity contribution in [3.8, 4) is 0 Å². The van der Waals surface area contributed by atoms with Crippen LogP contribution in [-0.4, -0.2) is 11.1 Å². The minimum Gasteiger partial charge on any atom is -0.481 e. The number of hydrogen-bond acceptors (Lipinski definition) is 2. The normalized spacial score (nSPS) is 12.1. The first-order valence-electron chi connectivity index (χ1n) is 6.40. The summed E-state index contributed by atoms with van der Waals surface area (Å²) in [5, 5.41) is 12.1. The first kappa shape index (κ1) is 14.2. The first-order valence-corrected chi connectivity index (χ1v) is 6.40. The molecule has 0 radical (unpaired) electrons. The number of carbonyl (C=O) groups is 1. The van der Waals surface area contributed by atoms with E-state index in [1.165, 1.54) is 6.07 Å². The number of rotatable bonds is 6. The summed E-state index contributed by atoms with van der Waals surface area (Å²) in [4.78, 5) is 10.9. The van der Waals surface area contributed by atoms with E-state index in [0.717, 1.165) is 5.56 Å². The molecule has 2 rings (SSSR count). The van der Waals surface area contributed by atoms with Crippen LogP contribution in [0.1, 0.15) is 23.6 Å². The molecule has 0 fully saturated rings. The van der Waals surface area contributed by atoms with Crippen molar-refractivity contribution >= 4 is 5.97 Å². The number of nitrogens with one attached hydrogen (secondary N) is 1. The van der Waals surface area contributed by atoms with Gasteiger partial charge in [0.2, 0.25) is 0 Å². The van der Waals surface area contributed by atoms with Crippen LogP contribution < -0.4 is 5.32 Å². The maximum absolute atomic E-state index is 13.8. The second-order valence-electron chi connectivity index (χ2n) is 4.54. The Labute approximate surface area is 117 Å². The zero-order valence-corrected chi connectivity index (χ0v) is 10.9. The average Bonchev–Trinajstić information content (AvgIpc) is 2.45. The van der Waals surface area contributed by atoms with Gasteiger partial charge in [-0.15, -0.1) is 0 Å². The largest absolute Gasteiger partial charge is 0.481 e. The van der Waals surface area contributed by atoms with E-state index >= 15 is 0 Å². The number of aliphatic carboxylic acids is 1. The van der Waals surface area contributed by atoms with Gasteiger partial charge >= 0.3 is 5.97 Å². The molecule has 2 aromatic rings. The third-order valence-electron chi connectivity index (χ3n) is 3.05.